The number of hydrogen-bond donors (Lipinski definition) is 2. The standard InChI is InChI=1S/C27H33N3O4S/c1-5-33-24(31)21-16-17-30(26(32)34-27(2,3)4)18-22(21)28-25(35)29-23(19-12-8-6-9-13-19)20-14-10-7-11-15-20/h6-15,23H,5,16-18H2,1-4H3,(H2,28,29,35). The zero-order valence-corrected chi connectivity index (χ0v) is 21.5. The largest absolute Gasteiger partial charge is 0.463 e. The van der Waals surface area contributed by atoms with Gasteiger partial charge in [-0.05, 0) is 57.5 Å². The molecule has 2 aromatic carbocycles. The quantitative estimate of drug-likeness (QED) is 0.444. The van der Waals surface area contributed by atoms with Crippen molar-refractivity contribution in [3.63, 3.8) is 0 Å². The molecule has 2 N–H and O–H groups in total. The predicted octanol–water partition coefficient (Wildman–Crippen LogP) is 4.70. The third-order valence-corrected chi connectivity index (χ3v) is 5.54. The summed E-state index contributed by atoms with van der Waals surface area (Å²) in [6.07, 6.45) is -0.103. The molecule has 0 aromatic heterocycles. The van der Waals surface area contributed by atoms with Gasteiger partial charge in [-0.1, -0.05) is 60.7 Å². The van der Waals surface area contributed by atoms with E-state index >= 15 is 0 Å². The van der Waals surface area contributed by atoms with Gasteiger partial charge in [0, 0.05) is 12.2 Å². The first-order chi connectivity index (χ1) is 16.7. The van der Waals surface area contributed by atoms with Crippen molar-refractivity contribution in [1.82, 2.24) is 15.5 Å². The summed E-state index contributed by atoms with van der Waals surface area (Å²) in [5, 5.41) is 6.88. The molecule has 0 radical (unpaired) electrons. The molecule has 7 nitrogen and oxygen atoms in total. The van der Waals surface area contributed by atoms with Gasteiger partial charge in [-0.2, -0.15) is 0 Å². The van der Waals surface area contributed by atoms with Gasteiger partial charge in [0.2, 0.25) is 0 Å². The summed E-state index contributed by atoms with van der Waals surface area (Å²) < 4.78 is 10.8. The highest BCUT2D eigenvalue weighted by Gasteiger charge is 2.30. The van der Waals surface area contributed by atoms with Crippen molar-refractivity contribution < 1.29 is 19.1 Å². The van der Waals surface area contributed by atoms with Crippen LogP contribution in [-0.4, -0.2) is 47.4 Å². The third-order valence-electron chi connectivity index (χ3n) is 5.32. The molecular weight excluding hydrogens is 462 g/mol. The van der Waals surface area contributed by atoms with E-state index in [4.69, 9.17) is 21.7 Å². The Balaban J connectivity index is 1.83. The molecule has 0 saturated carbocycles. The summed E-state index contributed by atoms with van der Waals surface area (Å²) in [5.74, 6) is -0.413. The Labute approximate surface area is 212 Å². The molecular formula is C27H33N3O4S. The fourth-order valence-corrected chi connectivity index (χ4v) is 4.00. The summed E-state index contributed by atoms with van der Waals surface area (Å²) >= 11 is 5.66. The maximum Gasteiger partial charge on any atom is 0.410 e. The van der Waals surface area contributed by atoms with Crippen LogP contribution in [0.2, 0.25) is 0 Å². The van der Waals surface area contributed by atoms with Crippen molar-refractivity contribution in [2.45, 2.75) is 45.8 Å². The summed E-state index contributed by atoms with van der Waals surface area (Å²) in [5.41, 5.74) is 2.47. The van der Waals surface area contributed by atoms with E-state index < -0.39 is 17.7 Å². The predicted molar refractivity (Wildman–Crippen MR) is 140 cm³/mol. The van der Waals surface area contributed by atoms with Crippen LogP contribution < -0.4 is 10.6 Å². The minimum absolute atomic E-state index is 0.159. The van der Waals surface area contributed by atoms with E-state index in [2.05, 4.69) is 10.6 Å². The lowest BCUT2D eigenvalue weighted by Gasteiger charge is -2.33. The maximum absolute atomic E-state index is 12.7. The molecule has 3 rings (SSSR count). The molecule has 0 spiro atoms. The highest BCUT2D eigenvalue weighted by molar-refractivity contribution is 7.80. The molecule has 0 fully saturated rings. The Hall–Kier alpha value is -3.39. The van der Waals surface area contributed by atoms with Gasteiger partial charge in [-0.25, -0.2) is 9.59 Å². The van der Waals surface area contributed by atoms with E-state index in [1.165, 1.54) is 0 Å². The highest BCUT2D eigenvalue weighted by Crippen LogP contribution is 2.23. The number of carbonyl (C=O) groups is 2. The average Bonchev–Trinajstić information content (AvgIpc) is 2.82. The highest BCUT2D eigenvalue weighted by atomic mass is 32.1. The van der Waals surface area contributed by atoms with Gasteiger partial charge in [0.1, 0.15) is 5.60 Å². The van der Waals surface area contributed by atoms with Crippen LogP contribution in [0.15, 0.2) is 71.9 Å². The molecule has 8 heteroatoms. The SMILES string of the molecule is CCOC(=O)C1=C(NC(=S)NC(c2ccccc2)c2ccccc2)CN(C(=O)OC(C)(C)C)CC1. The number of nitrogens with one attached hydrogen (secondary N) is 2. The molecule has 0 saturated heterocycles. The number of hydrogen-bond acceptors (Lipinski definition) is 5. The fourth-order valence-electron chi connectivity index (χ4n) is 3.76. The number of amides is 1. The molecule has 0 atom stereocenters. The number of benzene rings is 2. The van der Waals surface area contributed by atoms with Crippen LogP contribution in [0.1, 0.15) is 51.3 Å². The molecule has 35 heavy (non-hydrogen) atoms. The average molecular weight is 496 g/mol. The molecule has 186 valence electrons. The van der Waals surface area contributed by atoms with Crippen LogP contribution in [0, 0.1) is 0 Å². The summed E-state index contributed by atoms with van der Waals surface area (Å²) in [4.78, 5) is 26.9. The van der Waals surface area contributed by atoms with Crippen molar-refractivity contribution in [3.8, 4) is 0 Å². The lowest BCUT2D eigenvalue weighted by atomic mass is 9.99. The number of carbonyl (C=O) groups excluding carboxylic acids is 2. The van der Waals surface area contributed by atoms with Gasteiger partial charge in [0.05, 0.1) is 24.8 Å². The van der Waals surface area contributed by atoms with Gasteiger partial charge in [-0.3, -0.25) is 0 Å². The molecule has 0 bridgehead atoms. The van der Waals surface area contributed by atoms with Crippen molar-refractivity contribution in [1.29, 1.82) is 0 Å². The molecule has 0 aliphatic carbocycles. The summed E-state index contributed by atoms with van der Waals surface area (Å²) in [6.45, 7) is 7.99. The molecule has 1 aliphatic heterocycles. The Morgan fingerprint density at radius 2 is 1.60 bits per heavy atom. The molecule has 0 unspecified atom stereocenters. The lowest BCUT2D eigenvalue weighted by Crippen LogP contribution is -2.47. The molecule has 1 aliphatic rings. The fraction of sp³-hybridized carbons (Fsp3) is 0.370. The lowest BCUT2D eigenvalue weighted by molar-refractivity contribution is -0.139. The van der Waals surface area contributed by atoms with E-state index in [0.717, 1.165) is 11.1 Å². The Bertz CT molecular complexity index is 1030. The smallest absolute Gasteiger partial charge is 0.410 e. The molecule has 1 amide bonds. The van der Waals surface area contributed by atoms with Gasteiger partial charge in [-0.15, -0.1) is 0 Å². The number of esters is 1. The monoisotopic (exact) mass is 495 g/mol. The second-order valence-corrected chi connectivity index (χ2v) is 9.59. The minimum Gasteiger partial charge on any atom is -0.463 e. The van der Waals surface area contributed by atoms with Gasteiger partial charge < -0.3 is 25.0 Å². The summed E-state index contributed by atoms with van der Waals surface area (Å²) in [6, 6.07) is 19.8. The number of thiocarbonyl (C=S) groups is 1. The van der Waals surface area contributed by atoms with E-state index in [1.54, 1.807) is 11.8 Å². The first kappa shape index (κ1) is 26.2. The van der Waals surface area contributed by atoms with Crippen LogP contribution in [-0.2, 0) is 14.3 Å². The van der Waals surface area contributed by atoms with Crippen molar-refractivity contribution in [2.24, 2.45) is 0 Å². The van der Waals surface area contributed by atoms with E-state index in [0.29, 0.717) is 29.3 Å². The Morgan fingerprint density at radius 1 is 1.03 bits per heavy atom. The third kappa shape index (κ3) is 7.55. The second kappa shape index (κ2) is 11.8. The van der Waals surface area contributed by atoms with Crippen molar-refractivity contribution in [3.05, 3.63) is 83.1 Å². The van der Waals surface area contributed by atoms with Crippen LogP contribution in [0.4, 0.5) is 4.79 Å². The number of rotatable bonds is 6. The van der Waals surface area contributed by atoms with E-state index in [-0.39, 0.29) is 19.2 Å². The summed E-state index contributed by atoms with van der Waals surface area (Å²) in [7, 11) is 0. The number of nitrogens with zero attached hydrogens (tertiary/aromatic N) is 1. The van der Waals surface area contributed by atoms with Crippen LogP contribution in [0.3, 0.4) is 0 Å². The zero-order valence-electron chi connectivity index (χ0n) is 20.7. The maximum atomic E-state index is 12.7. The Kier molecular flexibility index (Phi) is 8.87. The van der Waals surface area contributed by atoms with Crippen LogP contribution in [0.25, 0.3) is 0 Å². The van der Waals surface area contributed by atoms with Gasteiger partial charge in [0.25, 0.3) is 0 Å². The molecule has 2 aromatic rings. The first-order valence-corrected chi connectivity index (χ1v) is 12.1. The minimum atomic E-state index is -0.620. The second-order valence-electron chi connectivity index (χ2n) is 9.18. The topological polar surface area (TPSA) is 79.9 Å². The van der Waals surface area contributed by atoms with Crippen LogP contribution >= 0.6 is 12.2 Å². The van der Waals surface area contributed by atoms with E-state index in [9.17, 15) is 9.59 Å². The first-order valence-electron chi connectivity index (χ1n) is 11.7. The van der Waals surface area contributed by atoms with E-state index in [1.807, 2.05) is 81.4 Å². The number of ether oxygens (including phenoxy) is 2. The van der Waals surface area contributed by atoms with Crippen molar-refractivity contribution >= 4 is 29.4 Å². The zero-order chi connectivity index (χ0) is 25.4. The van der Waals surface area contributed by atoms with Crippen molar-refractivity contribution in [2.75, 3.05) is 19.7 Å². The van der Waals surface area contributed by atoms with Gasteiger partial charge >= 0.3 is 12.1 Å². The normalized spacial score (nSPS) is 13.9. The van der Waals surface area contributed by atoms with Crippen LogP contribution in [0.5, 0.6) is 0 Å². The Morgan fingerprint density at radius 3 is 2.11 bits per heavy atom. The van der Waals surface area contributed by atoms with Gasteiger partial charge in [0.15, 0.2) is 5.11 Å². The molecule has 1 heterocycles.